The zero-order chi connectivity index (χ0) is 15.2. The average molecular weight is 289 g/mol. The van der Waals surface area contributed by atoms with Crippen LogP contribution in [-0.4, -0.2) is 25.4 Å². The first kappa shape index (κ1) is 17.0. The summed E-state index contributed by atoms with van der Waals surface area (Å²) in [5, 5.41) is 3.12. The number of halogens is 3. The first-order chi connectivity index (χ1) is 9.34. The average Bonchev–Trinajstić information content (AvgIpc) is 2.36. The van der Waals surface area contributed by atoms with Crippen LogP contribution in [0.5, 0.6) is 0 Å². The van der Waals surface area contributed by atoms with Crippen molar-refractivity contribution in [3.8, 4) is 0 Å². The van der Waals surface area contributed by atoms with E-state index in [2.05, 4.69) is 5.32 Å². The van der Waals surface area contributed by atoms with Gasteiger partial charge in [-0.15, -0.1) is 0 Å². The van der Waals surface area contributed by atoms with Crippen LogP contribution in [0.2, 0.25) is 0 Å². The van der Waals surface area contributed by atoms with E-state index in [-0.39, 0.29) is 0 Å². The summed E-state index contributed by atoms with van der Waals surface area (Å²) in [6, 6.07) is 7.40. The summed E-state index contributed by atoms with van der Waals surface area (Å²) >= 11 is 0. The fourth-order valence-corrected chi connectivity index (χ4v) is 1.85. The Bertz CT molecular complexity index is 406. The van der Waals surface area contributed by atoms with Crippen molar-refractivity contribution in [3.05, 3.63) is 35.4 Å². The summed E-state index contributed by atoms with van der Waals surface area (Å²) in [6.07, 6.45) is -5.79. The summed E-state index contributed by atoms with van der Waals surface area (Å²) in [7, 11) is 0. The Labute approximate surface area is 118 Å². The van der Waals surface area contributed by atoms with Gasteiger partial charge in [0.25, 0.3) is 0 Å². The van der Waals surface area contributed by atoms with Gasteiger partial charge >= 0.3 is 6.18 Å². The number of ether oxygens (including phenoxy) is 1. The molecule has 0 saturated heterocycles. The number of benzene rings is 1. The summed E-state index contributed by atoms with van der Waals surface area (Å²) in [6.45, 7) is 6.09. The molecule has 0 heterocycles. The highest BCUT2D eigenvalue weighted by molar-refractivity contribution is 5.24. The highest BCUT2D eigenvalue weighted by Gasteiger charge is 2.38. The van der Waals surface area contributed by atoms with E-state index in [1.165, 1.54) is 0 Å². The molecule has 0 aliphatic heterocycles. The molecule has 0 aromatic heterocycles. The smallest absolute Gasteiger partial charge is 0.360 e. The van der Waals surface area contributed by atoms with Crippen LogP contribution in [0.3, 0.4) is 0 Å². The van der Waals surface area contributed by atoms with Crippen molar-refractivity contribution in [2.75, 3.05) is 13.1 Å². The number of rotatable bonds is 7. The van der Waals surface area contributed by atoms with Gasteiger partial charge < -0.3 is 10.1 Å². The minimum atomic E-state index is -4.34. The van der Waals surface area contributed by atoms with E-state index in [0.717, 1.165) is 31.0 Å². The highest BCUT2D eigenvalue weighted by atomic mass is 19.4. The fraction of sp³-hybridized carbons (Fsp3) is 0.600. The van der Waals surface area contributed by atoms with Crippen molar-refractivity contribution in [1.29, 1.82) is 0 Å². The minimum absolute atomic E-state index is 0.373. The van der Waals surface area contributed by atoms with Gasteiger partial charge in [-0.05, 0) is 32.4 Å². The molecule has 2 atom stereocenters. The van der Waals surface area contributed by atoms with Crippen molar-refractivity contribution in [2.45, 2.75) is 45.6 Å². The third-order valence-electron chi connectivity index (χ3n) is 3.00. The maximum Gasteiger partial charge on any atom is 0.414 e. The van der Waals surface area contributed by atoms with Crippen LogP contribution in [0.25, 0.3) is 0 Å². The lowest BCUT2D eigenvalue weighted by atomic mass is 10.1. The van der Waals surface area contributed by atoms with Crippen molar-refractivity contribution in [1.82, 2.24) is 5.32 Å². The lowest BCUT2D eigenvalue weighted by molar-refractivity contribution is -0.227. The quantitative estimate of drug-likeness (QED) is 0.766. The predicted molar refractivity (Wildman–Crippen MR) is 73.7 cm³/mol. The summed E-state index contributed by atoms with van der Waals surface area (Å²) in [4.78, 5) is 0. The Morgan fingerprint density at radius 2 is 2.00 bits per heavy atom. The second-order valence-electron chi connectivity index (χ2n) is 4.93. The van der Waals surface area contributed by atoms with Crippen LogP contribution in [0, 0.1) is 6.92 Å². The molecule has 5 heteroatoms. The number of aryl methyl sites for hydroxylation is 1. The van der Waals surface area contributed by atoms with Crippen LogP contribution < -0.4 is 5.32 Å². The molecule has 0 aliphatic rings. The molecular formula is C15H22F3NO. The highest BCUT2D eigenvalue weighted by Crippen LogP contribution is 2.28. The van der Waals surface area contributed by atoms with Crippen LogP contribution in [0.4, 0.5) is 13.2 Å². The van der Waals surface area contributed by atoms with Crippen LogP contribution in [0.1, 0.15) is 37.5 Å². The molecule has 2 nitrogen and oxygen atoms in total. The second-order valence-corrected chi connectivity index (χ2v) is 4.93. The van der Waals surface area contributed by atoms with E-state index in [9.17, 15) is 13.2 Å². The topological polar surface area (TPSA) is 21.3 Å². The van der Waals surface area contributed by atoms with Crippen molar-refractivity contribution in [3.63, 3.8) is 0 Å². The normalized spacial score (nSPS) is 15.1. The molecule has 1 N–H and O–H groups in total. The number of alkyl halides is 3. The van der Waals surface area contributed by atoms with Crippen LogP contribution >= 0.6 is 0 Å². The Balaban J connectivity index is 2.79. The lowest BCUT2D eigenvalue weighted by Gasteiger charge is -2.25. The molecule has 20 heavy (non-hydrogen) atoms. The molecule has 0 amide bonds. The molecule has 0 radical (unpaired) electrons. The fourth-order valence-electron chi connectivity index (χ4n) is 1.85. The predicted octanol–water partition coefficient (Wildman–Crippen LogP) is 4.00. The first-order valence-corrected chi connectivity index (χ1v) is 6.84. The summed E-state index contributed by atoms with van der Waals surface area (Å²) in [5.41, 5.74) is 1.77. The van der Waals surface area contributed by atoms with Crippen LogP contribution in [-0.2, 0) is 4.74 Å². The summed E-state index contributed by atoms with van der Waals surface area (Å²) < 4.78 is 43.2. The Morgan fingerprint density at radius 3 is 2.55 bits per heavy atom. The van der Waals surface area contributed by atoms with Gasteiger partial charge in [0.2, 0.25) is 0 Å². The molecule has 1 aromatic carbocycles. The zero-order valence-electron chi connectivity index (χ0n) is 12.1. The van der Waals surface area contributed by atoms with E-state index in [1.807, 2.05) is 32.0 Å². The first-order valence-electron chi connectivity index (χ1n) is 6.84. The van der Waals surface area contributed by atoms with E-state index >= 15 is 0 Å². The van der Waals surface area contributed by atoms with Gasteiger partial charge in [-0.3, -0.25) is 0 Å². The third kappa shape index (κ3) is 5.51. The molecule has 0 saturated carbocycles. The van der Waals surface area contributed by atoms with Crippen LogP contribution in [0.15, 0.2) is 24.3 Å². The Hall–Kier alpha value is -1.07. The maximum atomic E-state index is 12.6. The number of nitrogens with one attached hydrogen (secondary N) is 1. The zero-order valence-corrected chi connectivity index (χ0v) is 12.1. The number of hydrogen-bond donors (Lipinski definition) is 1. The van der Waals surface area contributed by atoms with E-state index < -0.39 is 18.4 Å². The standard InChI is InChI=1S/C15H22F3NO/c1-4-8-19-10-14(20-12(3)15(16,17)18)13-7-5-6-11(2)9-13/h5-7,9,12,14,19H,4,8,10H2,1-3H3. The summed E-state index contributed by atoms with van der Waals surface area (Å²) in [5.74, 6) is 0. The van der Waals surface area contributed by atoms with Gasteiger partial charge in [0.05, 0.1) is 6.10 Å². The van der Waals surface area contributed by atoms with Gasteiger partial charge in [0.15, 0.2) is 6.10 Å². The molecule has 0 spiro atoms. The van der Waals surface area contributed by atoms with Gasteiger partial charge in [-0.2, -0.15) is 13.2 Å². The molecule has 0 fully saturated rings. The molecule has 2 unspecified atom stereocenters. The molecule has 114 valence electrons. The van der Waals surface area contributed by atoms with E-state index in [1.54, 1.807) is 6.07 Å². The molecule has 1 rings (SSSR count). The molecule has 0 aliphatic carbocycles. The SMILES string of the molecule is CCCNCC(OC(C)C(F)(F)F)c1cccc(C)c1. The second kappa shape index (κ2) is 7.64. The van der Waals surface area contributed by atoms with Gasteiger partial charge in [-0.1, -0.05) is 36.8 Å². The Kier molecular flexibility index (Phi) is 6.49. The molecule has 1 aromatic rings. The van der Waals surface area contributed by atoms with Crippen molar-refractivity contribution in [2.24, 2.45) is 0 Å². The van der Waals surface area contributed by atoms with E-state index in [0.29, 0.717) is 6.54 Å². The van der Waals surface area contributed by atoms with Gasteiger partial charge in [-0.25, -0.2) is 0 Å². The molecule has 0 bridgehead atoms. The minimum Gasteiger partial charge on any atom is -0.360 e. The van der Waals surface area contributed by atoms with Gasteiger partial charge in [0, 0.05) is 6.54 Å². The number of hydrogen-bond acceptors (Lipinski definition) is 2. The molecular weight excluding hydrogens is 267 g/mol. The monoisotopic (exact) mass is 289 g/mol. The lowest BCUT2D eigenvalue weighted by Crippen LogP contribution is -2.33. The Morgan fingerprint density at radius 1 is 1.30 bits per heavy atom. The third-order valence-corrected chi connectivity index (χ3v) is 3.00. The van der Waals surface area contributed by atoms with Gasteiger partial charge in [0.1, 0.15) is 0 Å². The largest absolute Gasteiger partial charge is 0.414 e. The van der Waals surface area contributed by atoms with Crippen molar-refractivity contribution < 1.29 is 17.9 Å². The maximum absolute atomic E-state index is 12.6. The van der Waals surface area contributed by atoms with Crippen molar-refractivity contribution >= 4 is 0 Å². The van der Waals surface area contributed by atoms with E-state index in [4.69, 9.17) is 4.74 Å².